The van der Waals surface area contributed by atoms with Crippen LogP contribution in [0.4, 0.5) is 0 Å². The van der Waals surface area contributed by atoms with Crippen LogP contribution in [0.5, 0.6) is 0 Å². The second-order valence-corrected chi connectivity index (χ2v) is 17.5. The van der Waals surface area contributed by atoms with Crippen LogP contribution in [-0.4, -0.2) is 11.7 Å². The third kappa shape index (κ3) is 6.05. The number of fused-ring (bicyclic) bond motifs is 9. The number of aliphatic imine (C=N–C) groups is 2. The highest BCUT2D eigenvalue weighted by atomic mass is 32.1. The molecular formula is C57H37N3O2S. The molecule has 298 valence electrons. The van der Waals surface area contributed by atoms with Gasteiger partial charge in [-0.1, -0.05) is 127 Å². The maximum atomic E-state index is 6.83. The van der Waals surface area contributed by atoms with Gasteiger partial charge in [-0.3, -0.25) is 0 Å². The molecule has 2 aliphatic rings. The highest BCUT2D eigenvalue weighted by Gasteiger charge is 2.27. The largest absolute Gasteiger partial charge is 0.456 e. The molecular weight excluding hydrogens is 791 g/mol. The van der Waals surface area contributed by atoms with Crippen molar-refractivity contribution in [2.24, 2.45) is 9.98 Å². The van der Waals surface area contributed by atoms with Gasteiger partial charge in [-0.2, -0.15) is 0 Å². The molecule has 5 nitrogen and oxygen atoms in total. The summed E-state index contributed by atoms with van der Waals surface area (Å²) in [6.07, 6.45) is 6.29. The lowest BCUT2D eigenvalue weighted by Crippen LogP contribution is -2.33. The first-order valence-electron chi connectivity index (χ1n) is 21.5. The van der Waals surface area contributed by atoms with Crippen molar-refractivity contribution in [2.75, 3.05) is 0 Å². The number of furan rings is 2. The van der Waals surface area contributed by atoms with Gasteiger partial charge in [0.1, 0.15) is 34.3 Å². The van der Waals surface area contributed by atoms with Gasteiger partial charge >= 0.3 is 0 Å². The van der Waals surface area contributed by atoms with Gasteiger partial charge in [0.05, 0.1) is 0 Å². The summed E-state index contributed by atoms with van der Waals surface area (Å²) in [7, 11) is 0. The van der Waals surface area contributed by atoms with Gasteiger partial charge < -0.3 is 14.2 Å². The Bertz CT molecular complexity index is 3660. The fourth-order valence-electron chi connectivity index (χ4n) is 9.53. The molecule has 0 saturated heterocycles. The summed E-state index contributed by atoms with van der Waals surface area (Å²) in [6, 6.07) is 62.0. The predicted octanol–water partition coefficient (Wildman–Crippen LogP) is 15.2. The van der Waals surface area contributed by atoms with Crippen molar-refractivity contribution in [1.29, 1.82) is 0 Å². The molecule has 1 N–H and O–H groups in total. The van der Waals surface area contributed by atoms with E-state index in [2.05, 4.69) is 169 Å². The Kier molecular flexibility index (Phi) is 8.21. The molecule has 0 radical (unpaired) electrons. The summed E-state index contributed by atoms with van der Waals surface area (Å²) in [5.41, 5.74) is 14.2. The molecule has 0 fully saturated rings. The summed E-state index contributed by atoms with van der Waals surface area (Å²) in [5.74, 6) is 1.42. The topological polar surface area (TPSA) is 63.0 Å². The molecule has 6 heteroatoms. The number of rotatable bonds is 6. The Morgan fingerprint density at radius 1 is 0.524 bits per heavy atom. The average molecular weight is 828 g/mol. The Labute approximate surface area is 367 Å². The van der Waals surface area contributed by atoms with Crippen LogP contribution in [0.1, 0.15) is 39.7 Å². The summed E-state index contributed by atoms with van der Waals surface area (Å²) < 4.78 is 14.4. The van der Waals surface area contributed by atoms with E-state index in [0.29, 0.717) is 5.84 Å². The van der Waals surface area contributed by atoms with Crippen LogP contribution in [0.3, 0.4) is 0 Å². The lowest BCUT2D eigenvalue weighted by molar-refractivity contribution is 0.667. The minimum Gasteiger partial charge on any atom is -0.456 e. The van der Waals surface area contributed by atoms with E-state index in [-0.39, 0.29) is 0 Å². The zero-order valence-corrected chi connectivity index (χ0v) is 34.8. The van der Waals surface area contributed by atoms with Crippen LogP contribution < -0.4 is 5.32 Å². The number of thiophene rings is 1. The minimum absolute atomic E-state index is 0.447. The number of aryl methyl sites for hydroxylation is 1. The zero-order chi connectivity index (χ0) is 41.4. The Morgan fingerprint density at radius 3 is 1.98 bits per heavy atom. The molecule has 63 heavy (non-hydrogen) atoms. The first-order valence-corrected chi connectivity index (χ1v) is 22.3. The number of hydrogen-bond acceptors (Lipinski definition) is 6. The maximum absolute atomic E-state index is 6.83. The molecule has 1 aliphatic heterocycles. The summed E-state index contributed by atoms with van der Waals surface area (Å²) >= 11 is 1.89. The maximum Gasteiger partial charge on any atom is 0.159 e. The first-order chi connectivity index (χ1) is 31.2. The van der Waals surface area contributed by atoms with E-state index in [4.69, 9.17) is 18.8 Å². The van der Waals surface area contributed by atoms with Crippen molar-refractivity contribution < 1.29 is 8.83 Å². The smallest absolute Gasteiger partial charge is 0.159 e. The number of amidine groups is 2. The summed E-state index contributed by atoms with van der Waals surface area (Å²) in [5, 5.41) is 9.37. The molecule has 3 aromatic heterocycles. The fraction of sp³-hybridized carbons (Fsp3) is 0.0526. The van der Waals surface area contributed by atoms with Crippen molar-refractivity contribution in [3.8, 4) is 33.4 Å². The van der Waals surface area contributed by atoms with Crippen molar-refractivity contribution in [2.45, 2.75) is 19.0 Å². The molecule has 13 rings (SSSR count). The van der Waals surface area contributed by atoms with E-state index >= 15 is 0 Å². The Morgan fingerprint density at radius 2 is 1.19 bits per heavy atom. The van der Waals surface area contributed by atoms with Crippen molar-refractivity contribution in [3.63, 3.8) is 0 Å². The third-order valence-corrected chi connectivity index (χ3v) is 13.8. The molecule has 1 atom stereocenters. The van der Waals surface area contributed by atoms with E-state index in [9.17, 15) is 0 Å². The van der Waals surface area contributed by atoms with Crippen LogP contribution in [0.2, 0.25) is 0 Å². The molecule has 0 spiro atoms. The van der Waals surface area contributed by atoms with Crippen LogP contribution in [0.25, 0.3) is 93.4 Å². The number of nitrogens with zero attached hydrogens (tertiary/aromatic N) is 2. The lowest BCUT2D eigenvalue weighted by Gasteiger charge is -2.25. The second-order valence-electron chi connectivity index (χ2n) is 16.4. The van der Waals surface area contributed by atoms with Crippen molar-refractivity contribution in [3.05, 3.63) is 209 Å². The number of benzene rings is 8. The Hall–Kier alpha value is -7.80. The highest BCUT2D eigenvalue weighted by molar-refractivity contribution is 7.19. The second kappa shape index (κ2) is 14.4. The van der Waals surface area contributed by atoms with Gasteiger partial charge in [0, 0.05) is 47.8 Å². The van der Waals surface area contributed by atoms with Crippen molar-refractivity contribution >= 4 is 83.0 Å². The zero-order valence-electron chi connectivity index (χ0n) is 34.0. The number of para-hydroxylation sites is 2. The number of allylic oxidation sites excluding steroid dienone is 1. The van der Waals surface area contributed by atoms with Gasteiger partial charge in [-0.15, -0.1) is 11.3 Å². The van der Waals surface area contributed by atoms with E-state index in [1.54, 1.807) is 0 Å². The SMILES string of the molecule is C1=Cc2c(sc3cc(C4=NC(c5cc(-c6ccccc6)cc(-c6ccccc6)c5)NC(c5ccc(-c6ccc7c(c6)oc6ccccc67)c6oc7ccccc7c56)=N4)ccc23)CC1. The van der Waals surface area contributed by atoms with Gasteiger partial charge in [0.25, 0.3) is 0 Å². The monoisotopic (exact) mass is 827 g/mol. The molecule has 0 bridgehead atoms. The molecule has 0 saturated carbocycles. The standard InChI is InChI=1S/C57H37N3O2S/c1-3-13-34(14-4-1)38-29-39(35-15-5-2-6-16-35)31-40(30-38)56-58-55(37-24-26-45-44-18-9-12-22-51(44)63-52(45)33-37)59-57(60-56)47-28-27-41(54-53(47)46-19-8-11-21-49(46)62-54)36-23-25-43-42-17-7-10-20-48(42)61-50(43)32-36/h1-11,13-21,23-33,56H,12,22H2,(H,58,59,60). The predicted molar refractivity (Wildman–Crippen MR) is 262 cm³/mol. The van der Waals surface area contributed by atoms with Gasteiger partial charge in [-0.05, 0) is 118 Å². The third-order valence-electron chi connectivity index (χ3n) is 12.6. The minimum atomic E-state index is -0.447. The molecule has 0 amide bonds. The Balaban J connectivity index is 1.01. The van der Waals surface area contributed by atoms with Gasteiger partial charge in [0.15, 0.2) is 5.84 Å². The number of hydrogen-bond donors (Lipinski definition) is 1. The van der Waals surface area contributed by atoms with E-state index in [0.717, 1.165) is 113 Å². The van der Waals surface area contributed by atoms with Crippen LogP contribution >= 0.6 is 11.3 Å². The first kappa shape index (κ1) is 35.9. The van der Waals surface area contributed by atoms with E-state index in [1.807, 2.05) is 35.6 Å². The fourth-order valence-corrected chi connectivity index (χ4v) is 10.8. The molecule has 4 heterocycles. The van der Waals surface area contributed by atoms with E-state index < -0.39 is 6.17 Å². The van der Waals surface area contributed by atoms with Crippen LogP contribution in [0, 0.1) is 0 Å². The molecule has 11 aromatic rings. The summed E-state index contributed by atoms with van der Waals surface area (Å²) in [6.45, 7) is 0. The summed E-state index contributed by atoms with van der Waals surface area (Å²) in [4.78, 5) is 12.4. The quantitative estimate of drug-likeness (QED) is 0.182. The molecule has 1 aliphatic carbocycles. The normalized spacial score (nSPS) is 15.0. The lowest BCUT2D eigenvalue weighted by atomic mass is 9.94. The van der Waals surface area contributed by atoms with Gasteiger partial charge in [0.2, 0.25) is 0 Å². The van der Waals surface area contributed by atoms with Crippen molar-refractivity contribution in [1.82, 2.24) is 5.32 Å². The van der Waals surface area contributed by atoms with Crippen LogP contribution in [-0.2, 0) is 6.42 Å². The van der Waals surface area contributed by atoms with Gasteiger partial charge in [-0.25, -0.2) is 9.98 Å². The van der Waals surface area contributed by atoms with E-state index in [1.165, 1.54) is 20.5 Å². The molecule has 8 aromatic carbocycles. The molecule has 1 unspecified atom stereocenters. The average Bonchev–Trinajstić information content (AvgIpc) is 4.05. The number of nitrogens with one attached hydrogen (secondary N) is 1. The highest BCUT2D eigenvalue weighted by Crippen LogP contribution is 2.42. The van der Waals surface area contributed by atoms with Crippen LogP contribution in [0.15, 0.2) is 201 Å².